The van der Waals surface area contributed by atoms with Gasteiger partial charge in [0.05, 0.1) is 0 Å². The summed E-state index contributed by atoms with van der Waals surface area (Å²) in [7, 11) is 0. The summed E-state index contributed by atoms with van der Waals surface area (Å²) in [5.74, 6) is 0.668. The molecule has 0 aliphatic heterocycles. The van der Waals surface area contributed by atoms with Crippen molar-refractivity contribution in [3.63, 3.8) is 0 Å². The maximum absolute atomic E-state index is 6.32. The Labute approximate surface area is 120 Å². The van der Waals surface area contributed by atoms with Crippen LogP contribution in [0, 0.1) is 5.92 Å². The van der Waals surface area contributed by atoms with E-state index in [1.165, 1.54) is 4.90 Å². The van der Waals surface area contributed by atoms with Crippen molar-refractivity contribution in [2.24, 2.45) is 11.7 Å². The average molecular weight is 286 g/mol. The number of benzene rings is 1. The molecule has 18 heavy (non-hydrogen) atoms. The van der Waals surface area contributed by atoms with Crippen LogP contribution in [0.4, 0.5) is 0 Å². The SMILES string of the molecule is CCC(N)Cc1ccc(SC(C)C(C)C)cc1Cl. The van der Waals surface area contributed by atoms with E-state index in [0.717, 1.165) is 23.4 Å². The number of nitrogens with two attached hydrogens (primary N) is 1. The minimum atomic E-state index is 0.204. The molecule has 1 aromatic rings. The summed E-state index contributed by atoms with van der Waals surface area (Å²) in [5.41, 5.74) is 7.13. The van der Waals surface area contributed by atoms with E-state index in [0.29, 0.717) is 11.2 Å². The van der Waals surface area contributed by atoms with Crippen LogP contribution in [0.2, 0.25) is 5.02 Å². The van der Waals surface area contributed by atoms with Crippen LogP contribution in [0.15, 0.2) is 23.1 Å². The second-order valence-electron chi connectivity index (χ2n) is 5.19. The zero-order valence-corrected chi connectivity index (χ0v) is 13.3. The van der Waals surface area contributed by atoms with Crippen LogP contribution in [0.25, 0.3) is 0 Å². The Kier molecular flexibility index (Phi) is 6.54. The minimum Gasteiger partial charge on any atom is -0.327 e. The van der Waals surface area contributed by atoms with Gasteiger partial charge in [-0.05, 0) is 36.5 Å². The Morgan fingerprint density at radius 1 is 1.28 bits per heavy atom. The molecule has 0 saturated carbocycles. The van der Waals surface area contributed by atoms with Gasteiger partial charge in [0.1, 0.15) is 0 Å². The predicted molar refractivity (Wildman–Crippen MR) is 83.6 cm³/mol. The lowest BCUT2D eigenvalue weighted by atomic mass is 10.1. The first-order valence-corrected chi connectivity index (χ1v) is 7.90. The summed E-state index contributed by atoms with van der Waals surface area (Å²) in [4.78, 5) is 1.25. The fourth-order valence-corrected chi connectivity index (χ4v) is 2.90. The van der Waals surface area contributed by atoms with Gasteiger partial charge in [0.15, 0.2) is 0 Å². The van der Waals surface area contributed by atoms with Crippen LogP contribution >= 0.6 is 23.4 Å². The van der Waals surface area contributed by atoms with Gasteiger partial charge in [0.25, 0.3) is 0 Å². The van der Waals surface area contributed by atoms with Gasteiger partial charge in [0.2, 0.25) is 0 Å². The maximum atomic E-state index is 6.32. The highest BCUT2D eigenvalue weighted by molar-refractivity contribution is 8.00. The van der Waals surface area contributed by atoms with Crippen LogP contribution in [0.5, 0.6) is 0 Å². The highest BCUT2D eigenvalue weighted by Gasteiger charge is 2.11. The number of hydrogen-bond acceptors (Lipinski definition) is 2. The zero-order chi connectivity index (χ0) is 13.7. The molecule has 0 radical (unpaired) electrons. The molecule has 2 atom stereocenters. The van der Waals surface area contributed by atoms with Crippen LogP contribution in [0.1, 0.15) is 39.7 Å². The third-order valence-corrected chi connectivity index (χ3v) is 5.09. The first kappa shape index (κ1) is 15.9. The third kappa shape index (κ3) is 4.83. The first-order valence-electron chi connectivity index (χ1n) is 6.64. The van der Waals surface area contributed by atoms with Crippen LogP contribution in [-0.4, -0.2) is 11.3 Å². The predicted octanol–water partition coefficient (Wildman–Crippen LogP) is 4.76. The fraction of sp³-hybridized carbons (Fsp3) is 0.600. The number of rotatable bonds is 6. The molecule has 1 nitrogen and oxygen atoms in total. The number of thioether (sulfide) groups is 1. The molecule has 1 rings (SSSR count). The van der Waals surface area contributed by atoms with Crippen molar-refractivity contribution in [2.45, 2.75) is 56.7 Å². The molecule has 0 aliphatic rings. The molecule has 0 bridgehead atoms. The summed E-state index contributed by atoms with van der Waals surface area (Å²) in [6, 6.07) is 6.55. The van der Waals surface area contributed by atoms with Gasteiger partial charge in [-0.3, -0.25) is 0 Å². The van der Waals surface area contributed by atoms with E-state index in [2.05, 4.69) is 45.9 Å². The van der Waals surface area contributed by atoms with E-state index in [4.69, 9.17) is 17.3 Å². The molecule has 2 N–H and O–H groups in total. The average Bonchev–Trinajstić information content (AvgIpc) is 2.32. The molecule has 0 aliphatic carbocycles. The summed E-state index contributed by atoms with van der Waals surface area (Å²) < 4.78 is 0. The summed E-state index contributed by atoms with van der Waals surface area (Å²) in [6.45, 7) is 8.85. The third-order valence-electron chi connectivity index (χ3n) is 3.29. The topological polar surface area (TPSA) is 26.0 Å². The molecule has 0 heterocycles. The molecule has 102 valence electrons. The van der Waals surface area contributed by atoms with Crippen LogP contribution < -0.4 is 5.73 Å². The van der Waals surface area contributed by atoms with Gasteiger partial charge < -0.3 is 5.73 Å². The second kappa shape index (κ2) is 7.42. The second-order valence-corrected chi connectivity index (χ2v) is 7.05. The van der Waals surface area contributed by atoms with Crippen molar-refractivity contribution in [3.05, 3.63) is 28.8 Å². The number of halogens is 1. The molecular weight excluding hydrogens is 262 g/mol. The maximum Gasteiger partial charge on any atom is 0.0449 e. The minimum absolute atomic E-state index is 0.204. The van der Waals surface area contributed by atoms with E-state index >= 15 is 0 Å². The van der Waals surface area contributed by atoms with Crippen molar-refractivity contribution >= 4 is 23.4 Å². The molecule has 0 saturated heterocycles. The Hall–Kier alpha value is -0.180. The van der Waals surface area contributed by atoms with Crippen molar-refractivity contribution in [2.75, 3.05) is 0 Å². The van der Waals surface area contributed by atoms with E-state index in [1.54, 1.807) is 0 Å². The highest BCUT2D eigenvalue weighted by Crippen LogP contribution is 2.31. The van der Waals surface area contributed by atoms with Gasteiger partial charge >= 0.3 is 0 Å². The Morgan fingerprint density at radius 2 is 1.94 bits per heavy atom. The van der Waals surface area contributed by atoms with E-state index in [9.17, 15) is 0 Å². The standard InChI is InChI=1S/C15H24ClNS/c1-5-13(17)8-12-6-7-14(9-15(12)16)18-11(4)10(2)3/h6-7,9-11,13H,5,8,17H2,1-4H3. The van der Waals surface area contributed by atoms with Crippen LogP contribution in [0.3, 0.4) is 0 Å². The lowest BCUT2D eigenvalue weighted by Gasteiger charge is -2.16. The molecule has 0 spiro atoms. The fourth-order valence-electron chi connectivity index (χ4n) is 1.54. The van der Waals surface area contributed by atoms with E-state index in [1.807, 2.05) is 11.8 Å². The van der Waals surface area contributed by atoms with E-state index < -0.39 is 0 Å². The molecule has 0 aromatic heterocycles. The zero-order valence-electron chi connectivity index (χ0n) is 11.7. The Balaban J connectivity index is 2.73. The molecule has 1 aromatic carbocycles. The van der Waals surface area contributed by atoms with Gasteiger partial charge in [-0.25, -0.2) is 0 Å². The molecule has 3 heteroatoms. The highest BCUT2D eigenvalue weighted by atomic mass is 35.5. The van der Waals surface area contributed by atoms with Gasteiger partial charge in [-0.1, -0.05) is 45.4 Å². The van der Waals surface area contributed by atoms with E-state index in [-0.39, 0.29) is 6.04 Å². The van der Waals surface area contributed by atoms with Gasteiger partial charge in [-0.2, -0.15) is 0 Å². The van der Waals surface area contributed by atoms with Crippen molar-refractivity contribution in [1.29, 1.82) is 0 Å². The quantitative estimate of drug-likeness (QED) is 0.763. The molecule has 0 fully saturated rings. The molecule has 0 amide bonds. The van der Waals surface area contributed by atoms with Crippen molar-refractivity contribution < 1.29 is 0 Å². The Morgan fingerprint density at radius 3 is 2.44 bits per heavy atom. The lowest BCUT2D eigenvalue weighted by Crippen LogP contribution is -2.21. The molecule has 2 unspecified atom stereocenters. The summed E-state index contributed by atoms with van der Waals surface area (Å²) >= 11 is 8.21. The monoisotopic (exact) mass is 285 g/mol. The van der Waals surface area contributed by atoms with Crippen LogP contribution in [-0.2, 0) is 6.42 Å². The first-order chi connectivity index (χ1) is 8.43. The summed E-state index contributed by atoms with van der Waals surface area (Å²) in [6.07, 6.45) is 1.84. The van der Waals surface area contributed by atoms with Crippen molar-refractivity contribution in [1.82, 2.24) is 0 Å². The van der Waals surface area contributed by atoms with Gasteiger partial charge in [0, 0.05) is 21.2 Å². The Bertz CT molecular complexity index is 379. The summed E-state index contributed by atoms with van der Waals surface area (Å²) in [5, 5.41) is 1.45. The van der Waals surface area contributed by atoms with Gasteiger partial charge in [-0.15, -0.1) is 11.8 Å². The normalized spacial score (nSPS) is 14.8. The lowest BCUT2D eigenvalue weighted by molar-refractivity contribution is 0.642. The molecular formula is C15H24ClNS. The number of hydrogen-bond donors (Lipinski definition) is 1. The van der Waals surface area contributed by atoms with Crippen molar-refractivity contribution in [3.8, 4) is 0 Å². The smallest absolute Gasteiger partial charge is 0.0449 e. The largest absolute Gasteiger partial charge is 0.327 e.